The van der Waals surface area contributed by atoms with E-state index in [1.807, 2.05) is 0 Å². The largest absolute Gasteiger partial charge is 0.510 e. The van der Waals surface area contributed by atoms with Crippen LogP contribution >= 0.6 is 11.8 Å². The highest BCUT2D eigenvalue weighted by molar-refractivity contribution is 8.16. The van der Waals surface area contributed by atoms with Crippen molar-refractivity contribution in [1.29, 1.82) is 0 Å². The Bertz CT molecular complexity index is 536. The molecule has 1 atom stereocenters. The van der Waals surface area contributed by atoms with Crippen molar-refractivity contribution in [3.8, 4) is 0 Å². The van der Waals surface area contributed by atoms with E-state index in [0.717, 1.165) is 24.6 Å². The highest BCUT2D eigenvalue weighted by atomic mass is 32.2. The molecule has 0 saturated heterocycles. The molecule has 116 valence electrons. The number of rotatable bonds is 6. The van der Waals surface area contributed by atoms with Gasteiger partial charge >= 0.3 is 0 Å². The van der Waals surface area contributed by atoms with Gasteiger partial charge in [-0.15, -0.1) is 0 Å². The second kappa shape index (κ2) is 7.12. The fourth-order valence-corrected chi connectivity index (χ4v) is 3.29. The molecular formula is C17H24O3S. The monoisotopic (exact) mass is 308 g/mol. The van der Waals surface area contributed by atoms with E-state index in [9.17, 15) is 14.7 Å². The van der Waals surface area contributed by atoms with Crippen molar-refractivity contribution >= 4 is 22.7 Å². The highest BCUT2D eigenvalue weighted by Crippen LogP contribution is 2.45. The molecule has 0 radical (unpaired) electrons. The number of Topliss-reactive ketones (excluding diaryl/α,β-unsaturated/α-hetero) is 1. The molecule has 0 saturated carbocycles. The van der Waals surface area contributed by atoms with Crippen molar-refractivity contribution in [3.05, 3.63) is 34.6 Å². The lowest BCUT2D eigenvalue weighted by Crippen LogP contribution is -2.20. The van der Waals surface area contributed by atoms with E-state index in [1.165, 1.54) is 18.1 Å². The van der Waals surface area contributed by atoms with Crippen molar-refractivity contribution in [2.75, 3.05) is 0 Å². The lowest BCUT2D eigenvalue weighted by molar-refractivity contribution is -0.116. The molecule has 21 heavy (non-hydrogen) atoms. The van der Waals surface area contributed by atoms with Gasteiger partial charge in [0.2, 0.25) is 5.12 Å². The standard InChI is InChI=1S/C17H24O3S/c1-11(2)7-6-8-12(3)9-10-17(5)15(19)14(13(4)18)16(20)21-17/h7,9,19H,6,8,10H2,1-5H3/b12-9+. The Balaban J connectivity index is 2.77. The molecule has 1 aliphatic heterocycles. The van der Waals surface area contributed by atoms with Crippen molar-refractivity contribution in [2.24, 2.45) is 0 Å². The van der Waals surface area contributed by atoms with Gasteiger partial charge in [0.15, 0.2) is 5.78 Å². The average molecular weight is 308 g/mol. The van der Waals surface area contributed by atoms with Gasteiger partial charge in [0.25, 0.3) is 0 Å². The zero-order chi connectivity index (χ0) is 16.2. The maximum Gasteiger partial charge on any atom is 0.227 e. The van der Waals surface area contributed by atoms with Gasteiger partial charge in [0.05, 0.1) is 4.75 Å². The zero-order valence-electron chi connectivity index (χ0n) is 13.4. The van der Waals surface area contributed by atoms with Crippen molar-refractivity contribution in [2.45, 2.75) is 58.6 Å². The van der Waals surface area contributed by atoms with Crippen LogP contribution in [0.15, 0.2) is 34.6 Å². The molecule has 4 heteroatoms. The second-order valence-electron chi connectivity index (χ2n) is 5.97. The second-order valence-corrected chi connectivity index (χ2v) is 7.45. The molecule has 0 aromatic heterocycles. The van der Waals surface area contributed by atoms with E-state index in [4.69, 9.17) is 0 Å². The molecule has 1 aliphatic rings. The van der Waals surface area contributed by atoms with Gasteiger partial charge in [0.1, 0.15) is 11.3 Å². The Labute approximate surface area is 131 Å². The summed E-state index contributed by atoms with van der Waals surface area (Å²) < 4.78 is -0.712. The predicted molar refractivity (Wildman–Crippen MR) is 88.4 cm³/mol. The molecule has 1 unspecified atom stereocenters. The van der Waals surface area contributed by atoms with Crippen LogP contribution in [0.2, 0.25) is 0 Å². The molecule has 0 bridgehead atoms. The summed E-state index contributed by atoms with van der Waals surface area (Å²) in [5, 5.41) is 9.87. The molecule has 1 N–H and O–H groups in total. The molecular weight excluding hydrogens is 284 g/mol. The van der Waals surface area contributed by atoms with E-state index in [1.54, 1.807) is 6.92 Å². The van der Waals surface area contributed by atoms with Crippen LogP contribution in [0, 0.1) is 0 Å². The van der Waals surface area contributed by atoms with Crippen LogP contribution < -0.4 is 0 Å². The summed E-state index contributed by atoms with van der Waals surface area (Å²) in [6, 6.07) is 0. The summed E-state index contributed by atoms with van der Waals surface area (Å²) in [6.07, 6.45) is 6.75. The number of ketones is 1. The fourth-order valence-electron chi connectivity index (χ4n) is 2.17. The van der Waals surface area contributed by atoms with Crippen molar-refractivity contribution in [1.82, 2.24) is 0 Å². The molecule has 0 amide bonds. The summed E-state index contributed by atoms with van der Waals surface area (Å²) in [5.41, 5.74) is 2.49. The van der Waals surface area contributed by atoms with Gasteiger partial charge in [-0.05, 0) is 53.9 Å². The Hall–Kier alpha value is -1.29. The number of carbonyl (C=O) groups excluding carboxylic acids is 2. The molecule has 3 nitrogen and oxygen atoms in total. The van der Waals surface area contributed by atoms with Gasteiger partial charge in [-0.1, -0.05) is 35.1 Å². The first kappa shape index (κ1) is 17.8. The average Bonchev–Trinajstić information content (AvgIpc) is 2.57. The van der Waals surface area contributed by atoms with Crippen molar-refractivity contribution < 1.29 is 14.7 Å². The van der Waals surface area contributed by atoms with Crippen LogP contribution in [0.1, 0.15) is 53.9 Å². The number of hydrogen-bond donors (Lipinski definition) is 1. The number of aliphatic hydroxyl groups excluding tert-OH is 1. The SMILES string of the molecule is CC(=O)C1=C(O)C(C)(C/C=C(\C)CCC=C(C)C)SC1=O. The highest BCUT2D eigenvalue weighted by Gasteiger charge is 2.44. The molecule has 1 rings (SSSR count). The maximum absolute atomic E-state index is 11.8. The Morgan fingerprint density at radius 2 is 1.86 bits per heavy atom. The first-order valence-electron chi connectivity index (χ1n) is 7.14. The summed E-state index contributed by atoms with van der Waals surface area (Å²) >= 11 is 1.04. The van der Waals surface area contributed by atoms with Crippen LogP contribution in [0.3, 0.4) is 0 Å². The normalized spacial score (nSPS) is 22.7. The first-order valence-corrected chi connectivity index (χ1v) is 7.96. The van der Waals surface area contributed by atoms with Crippen LogP contribution in [0.4, 0.5) is 0 Å². The third-order valence-corrected chi connectivity index (χ3v) is 4.74. The molecule has 1 heterocycles. The maximum atomic E-state index is 11.8. The third-order valence-electron chi connectivity index (χ3n) is 3.54. The van der Waals surface area contributed by atoms with Crippen molar-refractivity contribution in [3.63, 3.8) is 0 Å². The molecule has 0 aliphatic carbocycles. The quantitative estimate of drug-likeness (QED) is 0.579. The van der Waals surface area contributed by atoms with E-state index < -0.39 is 4.75 Å². The minimum Gasteiger partial charge on any atom is -0.510 e. The van der Waals surface area contributed by atoms with Gasteiger partial charge < -0.3 is 5.11 Å². The molecule has 0 aromatic rings. The third kappa shape index (κ3) is 4.60. The number of thioether (sulfide) groups is 1. The molecule has 0 fully saturated rings. The van der Waals surface area contributed by atoms with E-state index >= 15 is 0 Å². The number of carbonyl (C=O) groups is 2. The Kier molecular flexibility index (Phi) is 6.02. The minimum absolute atomic E-state index is 0.0434. The number of allylic oxidation sites excluding steroid dienone is 4. The van der Waals surface area contributed by atoms with E-state index in [0.29, 0.717) is 6.42 Å². The van der Waals surface area contributed by atoms with Crippen LogP contribution in [0.25, 0.3) is 0 Å². The molecule has 0 spiro atoms. The van der Waals surface area contributed by atoms with Crippen LogP contribution in [-0.4, -0.2) is 20.8 Å². The van der Waals surface area contributed by atoms with Gasteiger partial charge in [-0.2, -0.15) is 0 Å². The van der Waals surface area contributed by atoms with Crippen LogP contribution in [0.5, 0.6) is 0 Å². The smallest absolute Gasteiger partial charge is 0.227 e. The fraction of sp³-hybridized carbons (Fsp3) is 0.529. The molecule has 0 aromatic carbocycles. The summed E-state index contributed by atoms with van der Waals surface area (Å²) in [6.45, 7) is 9.33. The lowest BCUT2D eigenvalue weighted by Gasteiger charge is -2.20. The van der Waals surface area contributed by atoms with E-state index in [-0.39, 0.29) is 22.2 Å². The van der Waals surface area contributed by atoms with Gasteiger partial charge in [0, 0.05) is 0 Å². The minimum atomic E-state index is -0.712. The summed E-state index contributed by atoms with van der Waals surface area (Å²) in [7, 11) is 0. The predicted octanol–water partition coefficient (Wildman–Crippen LogP) is 4.50. The number of aliphatic hydroxyl groups is 1. The Morgan fingerprint density at radius 1 is 1.24 bits per heavy atom. The first-order chi connectivity index (χ1) is 9.67. The van der Waals surface area contributed by atoms with Crippen LogP contribution in [-0.2, 0) is 9.59 Å². The zero-order valence-corrected chi connectivity index (χ0v) is 14.3. The summed E-state index contributed by atoms with van der Waals surface area (Å²) in [4.78, 5) is 23.3. The van der Waals surface area contributed by atoms with Gasteiger partial charge in [-0.25, -0.2) is 0 Å². The van der Waals surface area contributed by atoms with E-state index in [2.05, 4.69) is 32.9 Å². The lowest BCUT2D eigenvalue weighted by atomic mass is 9.97. The summed E-state index contributed by atoms with van der Waals surface area (Å²) in [5.74, 6) is -0.434. The topological polar surface area (TPSA) is 54.4 Å². The number of hydrogen-bond acceptors (Lipinski definition) is 4. The Morgan fingerprint density at radius 3 is 2.33 bits per heavy atom. The van der Waals surface area contributed by atoms with Gasteiger partial charge in [-0.3, -0.25) is 9.59 Å².